The molecule has 1 N–H and O–H groups in total. The number of anilines is 1. The second-order valence-corrected chi connectivity index (χ2v) is 8.07. The molecule has 2 aromatic carbocycles. The number of hydrogen-bond donors (Lipinski definition) is 1. The number of rotatable bonds is 10. The van der Waals surface area contributed by atoms with Crippen LogP contribution in [-0.2, 0) is 16.0 Å². The van der Waals surface area contributed by atoms with Gasteiger partial charge in [0.2, 0.25) is 0 Å². The van der Waals surface area contributed by atoms with Gasteiger partial charge in [0.15, 0.2) is 0 Å². The van der Waals surface area contributed by atoms with Crippen molar-refractivity contribution >= 4 is 17.7 Å². The van der Waals surface area contributed by atoms with Crippen molar-refractivity contribution in [3.8, 4) is 16.9 Å². The van der Waals surface area contributed by atoms with Gasteiger partial charge in [0.25, 0.3) is 0 Å². The van der Waals surface area contributed by atoms with Gasteiger partial charge < -0.3 is 19.5 Å². The Labute approximate surface area is 185 Å². The molecule has 2 aromatic rings. The summed E-state index contributed by atoms with van der Waals surface area (Å²) in [5.74, 6) is -0.0693. The first-order valence-corrected chi connectivity index (χ1v) is 11.1. The molecule has 166 valence electrons. The molecule has 0 spiro atoms. The van der Waals surface area contributed by atoms with Crippen LogP contribution in [0.2, 0.25) is 0 Å². The summed E-state index contributed by atoms with van der Waals surface area (Å²) < 4.78 is 11.3. The van der Waals surface area contributed by atoms with Crippen molar-refractivity contribution in [2.24, 2.45) is 0 Å². The quantitative estimate of drug-likeness (QED) is 0.408. The Balaban J connectivity index is 1.79. The zero-order chi connectivity index (χ0) is 22.2. The lowest BCUT2D eigenvalue weighted by Crippen LogP contribution is -2.25. The van der Waals surface area contributed by atoms with Gasteiger partial charge in [-0.05, 0) is 78.8 Å². The van der Waals surface area contributed by atoms with E-state index in [0.29, 0.717) is 18.8 Å². The Morgan fingerprint density at radius 1 is 1.13 bits per heavy atom. The number of aryl methyl sites for hydroxylation is 1. The maximum atomic E-state index is 11.4. The van der Waals surface area contributed by atoms with E-state index in [1.807, 2.05) is 12.1 Å². The summed E-state index contributed by atoms with van der Waals surface area (Å²) in [5, 5.41) is 9.36. The summed E-state index contributed by atoms with van der Waals surface area (Å²) in [5.41, 5.74) is 5.87. The average Bonchev–Trinajstić information content (AvgIpc) is 2.76. The van der Waals surface area contributed by atoms with Gasteiger partial charge in [0.05, 0.1) is 6.61 Å². The molecule has 0 aromatic heterocycles. The highest BCUT2D eigenvalue weighted by molar-refractivity contribution is 5.93. The molecule has 0 radical (unpaired) electrons. The van der Waals surface area contributed by atoms with Gasteiger partial charge >= 0.3 is 5.97 Å². The summed E-state index contributed by atoms with van der Waals surface area (Å²) in [6, 6.07) is 12.4. The first-order chi connectivity index (χ1) is 15.0. The predicted octanol–water partition coefficient (Wildman–Crippen LogP) is 5.42. The number of nitrogens with zero attached hydrogens (tertiary/aromatic N) is 1. The van der Waals surface area contributed by atoms with Crippen LogP contribution >= 0.6 is 0 Å². The third-order valence-electron chi connectivity index (χ3n) is 5.58. The van der Waals surface area contributed by atoms with Gasteiger partial charge in [0.1, 0.15) is 12.4 Å². The van der Waals surface area contributed by atoms with Crippen LogP contribution in [0.1, 0.15) is 44.2 Å². The summed E-state index contributed by atoms with van der Waals surface area (Å²) in [4.78, 5) is 13.6. The SMILES string of the molecule is CCCCOCCOc1ccc(-c2cc(/C=C(\C)C(=O)O)c3c(c2)CCCN3C)cc1. The van der Waals surface area contributed by atoms with Crippen molar-refractivity contribution in [3.05, 3.63) is 53.1 Å². The van der Waals surface area contributed by atoms with E-state index >= 15 is 0 Å². The number of carboxylic acids is 1. The van der Waals surface area contributed by atoms with Crippen LogP contribution in [0, 0.1) is 0 Å². The van der Waals surface area contributed by atoms with Crippen LogP contribution in [0.5, 0.6) is 5.75 Å². The molecule has 0 saturated heterocycles. The lowest BCUT2D eigenvalue weighted by Gasteiger charge is -2.30. The van der Waals surface area contributed by atoms with E-state index in [1.54, 1.807) is 13.0 Å². The Bertz CT molecular complexity index is 918. The van der Waals surface area contributed by atoms with Crippen molar-refractivity contribution in [2.75, 3.05) is 38.3 Å². The highest BCUT2D eigenvalue weighted by Crippen LogP contribution is 2.36. The zero-order valence-electron chi connectivity index (χ0n) is 18.8. The molecule has 1 heterocycles. The summed E-state index contributed by atoms with van der Waals surface area (Å²) >= 11 is 0. The molecular weight excluding hydrogens is 390 g/mol. The number of fused-ring (bicyclic) bond motifs is 1. The van der Waals surface area contributed by atoms with E-state index in [1.165, 1.54) is 5.56 Å². The fourth-order valence-corrected chi connectivity index (χ4v) is 3.88. The molecule has 5 heteroatoms. The lowest BCUT2D eigenvalue weighted by molar-refractivity contribution is -0.132. The van der Waals surface area contributed by atoms with Crippen LogP contribution in [0.15, 0.2) is 42.0 Å². The number of unbranched alkanes of at least 4 members (excludes halogenated alkanes) is 1. The van der Waals surface area contributed by atoms with Crippen LogP contribution in [0.25, 0.3) is 17.2 Å². The lowest BCUT2D eigenvalue weighted by atomic mass is 9.92. The van der Waals surface area contributed by atoms with Crippen molar-refractivity contribution in [1.82, 2.24) is 0 Å². The molecule has 0 atom stereocenters. The third-order valence-corrected chi connectivity index (χ3v) is 5.58. The van der Waals surface area contributed by atoms with Gasteiger partial charge in [-0.3, -0.25) is 0 Å². The summed E-state index contributed by atoms with van der Waals surface area (Å²) in [6.45, 7) is 6.69. The van der Waals surface area contributed by atoms with Gasteiger partial charge in [-0.25, -0.2) is 4.79 Å². The average molecular weight is 424 g/mol. The molecule has 0 amide bonds. The van der Waals surface area contributed by atoms with E-state index in [4.69, 9.17) is 9.47 Å². The Kier molecular flexibility index (Phi) is 8.13. The van der Waals surface area contributed by atoms with Crippen LogP contribution in [-0.4, -0.2) is 44.5 Å². The Morgan fingerprint density at radius 2 is 1.90 bits per heavy atom. The van der Waals surface area contributed by atoms with Crippen molar-refractivity contribution in [1.29, 1.82) is 0 Å². The van der Waals surface area contributed by atoms with Crippen molar-refractivity contribution in [3.63, 3.8) is 0 Å². The minimum atomic E-state index is -0.891. The number of carbonyl (C=O) groups is 1. The van der Waals surface area contributed by atoms with Gasteiger partial charge in [0, 0.05) is 31.5 Å². The standard InChI is InChI=1S/C26H33NO4/c1-4-5-13-30-14-15-31-24-10-8-20(9-11-24)22-17-21-7-6-12-27(3)25(21)23(18-22)16-19(2)26(28)29/h8-11,16-18H,4-7,12-15H2,1-3H3,(H,28,29)/b19-16+. The van der Waals surface area contributed by atoms with Gasteiger partial charge in [-0.15, -0.1) is 0 Å². The molecule has 3 rings (SSSR count). The van der Waals surface area contributed by atoms with Crippen LogP contribution in [0.3, 0.4) is 0 Å². The summed E-state index contributed by atoms with van der Waals surface area (Å²) in [7, 11) is 2.07. The second-order valence-electron chi connectivity index (χ2n) is 8.07. The first kappa shape index (κ1) is 22.9. The van der Waals surface area contributed by atoms with Crippen molar-refractivity contribution < 1.29 is 19.4 Å². The predicted molar refractivity (Wildman–Crippen MR) is 126 cm³/mol. The maximum Gasteiger partial charge on any atom is 0.331 e. The number of aliphatic carboxylic acids is 1. The number of carboxylic acid groups (broad SMARTS) is 1. The molecular formula is C26H33NO4. The molecule has 0 saturated carbocycles. The molecule has 0 fully saturated rings. The highest BCUT2D eigenvalue weighted by atomic mass is 16.5. The monoisotopic (exact) mass is 423 g/mol. The third kappa shape index (κ3) is 6.11. The normalized spacial score (nSPS) is 13.8. The number of hydrogen-bond acceptors (Lipinski definition) is 4. The van der Waals surface area contributed by atoms with Crippen LogP contribution < -0.4 is 9.64 Å². The molecule has 5 nitrogen and oxygen atoms in total. The summed E-state index contributed by atoms with van der Waals surface area (Å²) in [6.07, 6.45) is 6.09. The Morgan fingerprint density at radius 3 is 2.61 bits per heavy atom. The molecule has 0 bridgehead atoms. The maximum absolute atomic E-state index is 11.4. The molecule has 1 aliphatic rings. The largest absolute Gasteiger partial charge is 0.491 e. The van der Waals surface area contributed by atoms with E-state index < -0.39 is 5.97 Å². The Hall–Kier alpha value is -2.79. The minimum Gasteiger partial charge on any atom is -0.491 e. The van der Waals surface area contributed by atoms with E-state index in [-0.39, 0.29) is 0 Å². The second kappa shape index (κ2) is 11.0. The smallest absolute Gasteiger partial charge is 0.331 e. The minimum absolute atomic E-state index is 0.336. The zero-order valence-corrected chi connectivity index (χ0v) is 18.8. The molecule has 0 unspecified atom stereocenters. The highest BCUT2D eigenvalue weighted by Gasteiger charge is 2.19. The molecule has 0 aliphatic carbocycles. The van der Waals surface area contributed by atoms with E-state index in [0.717, 1.165) is 67.0 Å². The number of ether oxygens (including phenoxy) is 2. The molecule has 1 aliphatic heterocycles. The van der Waals surface area contributed by atoms with E-state index in [2.05, 4.69) is 43.1 Å². The van der Waals surface area contributed by atoms with Crippen LogP contribution in [0.4, 0.5) is 5.69 Å². The fourth-order valence-electron chi connectivity index (χ4n) is 3.88. The fraction of sp³-hybridized carbons (Fsp3) is 0.423. The van der Waals surface area contributed by atoms with Gasteiger partial charge in [-0.2, -0.15) is 0 Å². The van der Waals surface area contributed by atoms with Crippen molar-refractivity contribution in [2.45, 2.75) is 39.5 Å². The first-order valence-electron chi connectivity index (χ1n) is 11.1. The van der Waals surface area contributed by atoms with Gasteiger partial charge in [-0.1, -0.05) is 25.5 Å². The molecule has 31 heavy (non-hydrogen) atoms. The number of benzene rings is 2. The topological polar surface area (TPSA) is 59.0 Å². The van der Waals surface area contributed by atoms with E-state index in [9.17, 15) is 9.90 Å².